The maximum atomic E-state index is 12.9. The van der Waals surface area contributed by atoms with Gasteiger partial charge >= 0.3 is 17.9 Å². The van der Waals surface area contributed by atoms with Gasteiger partial charge in [-0.05, 0) is 83.5 Å². The van der Waals surface area contributed by atoms with Gasteiger partial charge in [-0.25, -0.2) is 0 Å². The molecule has 0 radical (unpaired) electrons. The minimum atomic E-state index is -0.784. The summed E-state index contributed by atoms with van der Waals surface area (Å²) >= 11 is 0. The zero-order chi connectivity index (χ0) is 56.4. The molecule has 0 amide bonds. The zero-order valence-corrected chi connectivity index (χ0v) is 51.9. The summed E-state index contributed by atoms with van der Waals surface area (Å²) in [4.78, 5) is 38.3. The second-order valence-electron chi connectivity index (χ2n) is 22.7. The van der Waals surface area contributed by atoms with Crippen LogP contribution in [0.5, 0.6) is 0 Å². The van der Waals surface area contributed by atoms with Gasteiger partial charge in [-0.3, -0.25) is 14.4 Å². The number of carbonyl (C=O) groups is 3. The lowest BCUT2D eigenvalue weighted by Crippen LogP contribution is -2.30. The Kier molecular flexibility index (Phi) is 63.7. The Morgan fingerprint density at radius 3 is 0.846 bits per heavy atom. The predicted octanol–water partition coefficient (Wildman–Crippen LogP) is 23.3. The van der Waals surface area contributed by atoms with E-state index in [0.29, 0.717) is 19.3 Å². The number of allylic oxidation sites excluding steroid dienone is 12. The van der Waals surface area contributed by atoms with E-state index in [4.69, 9.17) is 14.2 Å². The molecule has 0 aliphatic heterocycles. The third kappa shape index (κ3) is 63.7. The summed E-state index contributed by atoms with van der Waals surface area (Å²) in [6, 6.07) is 0. The molecule has 0 heterocycles. The van der Waals surface area contributed by atoms with Gasteiger partial charge in [0, 0.05) is 19.3 Å². The Morgan fingerprint density at radius 1 is 0.269 bits per heavy atom. The van der Waals surface area contributed by atoms with Crippen LogP contribution in [0.1, 0.15) is 348 Å². The highest BCUT2D eigenvalue weighted by Gasteiger charge is 2.19. The molecule has 6 nitrogen and oxygen atoms in total. The zero-order valence-electron chi connectivity index (χ0n) is 51.9. The van der Waals surface area contributed by atoms with Gasteiger partial charge in [0.25, 0.3) is 0 Å². The summed E-state index contributed by atoms with van der Waals surface area (Å²) in [6.45, 7) is 6.50. The van der Waals surface area contributed by atoms with Gasteiger partial charge in [0.15, 0.2) is 6.10 Å². The van der Waals surface area contributed by atoms with E-state index in [1.54, 1.807) is 0 Å². The number of ether oxygens (including phenoxy) is 3. The third-order valence-corrected chi connectivity index (χ3v) is 14.9. The van der Waals surface area contributed by atoms with Crippen LogP contribution in [0.3, 0.4) is 0 Å². The van der Waals surface area contributed by atoms with Crippen LogP contribution in [-0.2, 0) is 28.6 Å². The lowest BCUT2D eigenvalue weighted by atomic mass is 10.0. The van der Waals surface area contributed by atoms with Crippen LogP contribution >= 0.6 is 0 Å². The molecule has 0 aliphatic rings. The number of hydrogen-bond donors (Lipinski definition) is 0. The van der Waals surface area contributed by atoms with Crippen molar-refractivity contribution in [2.75, 3.05) is 13.2 Å². The summed E-state index contributed by atoms with van der Waals surface area (Å²) in [5, 5.41) is 0. The summed E-state index contributed by atoms with van der Waals surface area (Å²) in [5.74, 6) is -0.886. The molecule has 6 heteroatoms. The van der Waals surface area contributed by atoms with Crippen molar-refractivity contribution in [2.45, 2.75) is 354 Å². The van der Waals surface area contributed by atoms with Gasteiger partial charge in [-0.2, -0.15) is 0 Å². The van der Waals surface area contributed by atoms with E-state index in [9.17, 15) is 14.4 Å². The van der Waals surface area contributed by atoms with Crippen LogP contribution in [0.4, 0.5) is 0 Å². The molecule has 0 aromatic rings. The fourth-order valence-corrected chi connectivity index (χ4v) is 9.89. The first-order valence-corrected chi connectivity index (χ1v) is 33.9. The first-order chi connectivity index (χ1) is 38.5. The summed E-state index contributed by atoms with van der Waals surface area (Å²) in [5.41, 5.74) is 0. The van der Waals surface area contributed by atoms with Crippen molar-refractivity contribution >= 4 is 17.9 Å². The minimum Gasteiger partial charge on any atom is -0.462 e. The summed E-state index contributed by atoms with van der Waals surface area (Å²) in [7, 11) is 0. The van der Waals surface area contributed by atoms with E-state index >= 15 is 0 Å². The molecular weight excluding hydrogens is 961 g/mol. The van der Waals surface area contributed by atoms with Gasteiger partial charge in [-0.15, -0.1) is 0 Å². The number of unbranched alkanes of at least 4 members (excludes halogenated alkanes) is 39. The first kappa shape index (κ1) is 74.8. The van der Waals surface area contributed by atoms with Crippen molar-refractivity contribution in [3.63, 3.8) is 0 Å². The SMILES string of the molecule is CC/C=C\C/C=C\C/C=C\C/C=C\C/C=C\CCCCCCCCCC(=O)OC(COC(=O)CCCCCCC/C=C\CCC)COC(=O)CCCCCCCCCCCCCCCCCCCCCCCCCCCCC. The lowest BCUT2D eigenvalue weighted by Gasteiger charge is -2.18. The molecule has 0 N–H and O–H groups in total. The molecule has 0 bridgehead atoms. The van der Waals surface area contributed by atoms with Gasteiger partial charge < -0.3 is 14.2 Å². The maximum absolute atomic E-state index is 12.9. The van der Waals surface area contributed by atoms with Crippen molar-refractivity contribution in [1.29, 1.82) is 0 Å². The Bertz CT molecular complexity index is 1440. The molecule has 0 rings (SSSR count). The molecule has 0 spiro atoms. The molecule has 1 atom stereocenters. The molecule has 0 aromatic carbocycles. The second-order valence-corrected chi connectivity index (χ2v) is 22.7. The average molecular weight is 1090 g/mol. The number of carbonyl (C=O) groups excluding carboxylic acids is 3. The Hall–Kier alpha value is -3.15. The fourth-order valence-electron chi connectivity index (χ4n) is 9.89. The Labute approximate surface area is 484 Å². The van der Waals surface area contributed by atoms with Gasteiger partial charge in [0.2, 0.25) is 0 Å². The number of esters is 3. The van der Waals surface area contributed by atoms with E-state index in [-0.39, 0.29) is 31.1 Å². The molecule has 0 aromatic heterocycles. The predicted molar refractivity (Wildman–Crippen MR) is 339 cm³/mol. The average Bonchev–Trinajstić information content (AvgIpc) is 3.44. The smallest absolute Gasteiger partial charge is 0.306 e. The highest BCUT2D eigenvalue weighted by atomic mass is 16.6. The van der Waals surface area contributed by atoms with Crippen molar-refractivity contribution in [3.05, 3.63) is 72.9 Å². The molecule has 78 heavy (non-hydrogen) atoms. The van der Waals surface area contributed by atoms with Gasteiger partial charge in [-0.1, -0.05) is 318 Å². The molecule has 0 aliphatic carbocycles. The topological polar surface area (TPSA) is 78.9 Å². The van der Waals surface area contributed by atoms with Crippen LogP contribution in [0.2, 0.25) is 0 Å². The van der Waals surface area contributed by atoms with Crippen molar-refractivity contribution in [1.82, 2.24) is 0 Å². The van der Waals surface area contributed by atoms with E-state index < -0.39 is 6.10 Å². The van der Waals surface area contributed by atoms with Crippen LogP contribution < -0.4 is 0 Å². The molecule has 1 unspecified atom stereocenters. The molecule has 0 saturated heterocycles. The van der Waals surface area contributed by atoms with E-state index in [2.05, 4.69) is 93.7 Å². The quantitative estimate of drug-likeness (QED) is 0.0261. The monoisotopic (exact) mass is 1090 g/mol. The second kappa shape index (κ2) is 66.4. The molecule has 0 fully saturated rings. The van der Waals surface area contributed by atoms with Gasteiger partial charge in [0.05, 0.1) is 0 Å². The molecule has 0 saturated carbocycles. The molecular formula is C72H128O6. The highest BCUT2D eigenvalue weighted by Crippen LogP contribution is 2.18. The summed E-state index contributed by atoms with van der Waals surface area (Å²) in [6.07, 6.45) is 86.5. The van der Waals surface area contributed by atoms with Crippen LogP contribution in [0, 0.1) is 0 Å². The van der Waals surface area contributed by atoms with Crippen molar-refractivity contribution in [3.8, 4) is 0 Å². The van der Waals surface area contributed by atoms with E-state index in [0.717, 1.165) is 109 Å². The normalized spacial score (nSPS) is 12.5. The van der Waals surface area contributed by atoms with Crippen LogP contribution in [0.15, 0.2) is 72.9 Å². The van der Waals surface area contributed by atoms with Crippen LogP contribution in [0.25, 0.3) is 0 Å². The first-order valence-electron chi connectivity index (χ1n) is 33.9. The largest absolute Gasteiger partial charge is 0.462 e. The number of hydrogen-bond acceptors (Lipinski definition) is 6. The van der Waals surface area contributed by atoms with Crippen molar-refractivity contribution in [2.24, 2.45) is 0 Å². The fraction of sp³-hybridized carbons (Fsp3) is 0.792. The third-order valence-electron chi connectivity index (χ3n) is 14.9. The lowest BCUT2D eigenvalue weighted by molar-refractivity contribution is -0.167. The Balaban J connectivity index is 4.19. The summed E-state index contributed by atoms with van der Waals surface area (Å²) < 4.78 is 16.9. The molecule has 452 valence electrons. The highest BCUT2D eigenvalue weighted by molar-refractivity contribution is 5.71. The van der Waals surface area contributed by atoms with E-state index in [1.165, 1.54) is 199 Å². The standard InChI is InChI=1S/C72H128O6/c1-4-7-10-13-16-19-22-24-26-28-30-32-34-35-36-37-39-40-42-44-46-48-50-53-56-59-62-65-71(74)77-68-69(67-76-70(73)64-61-58-55-52-21-18-15-12-9-6-3)78-72(75)66-63-60-57-54-51-49-47-45-43-41-38-33-31-29-27-25-23-20-17-14-11-8-5-2/h8,11-12,15,17,20,25,27,31,33,41,43,69H,4-7,9-10,13-14,16,18-19,21-24,26,28-30,32,34-40,42,44-68H2,1-3H3/b11-8-,15-12-,20-17-,27-25-,33-31-,43-41-. The number of rotatable bonds is 62. The van der Waals surface area contributed by atoms with Crippen LogP contribution in [-0.4, -0.2) is 37.2 Å². The maximum Gasteiger partial charge on any atom is 0.306 e. The minimum absolute atomic E-state index is 0.0797. The van der Waals surface area contributed by atoms with E-state index in [1.807, 2.05) is 0 Å². The van der Waals surface area contributed by atoms with Crippen molar-refractivity contribution < 1.29 is 28.6 Å². The van der Waals surface area contributed by atoms with Gasteiger partial charge in [0.1, 0.15) is 13.2 Å². The Morgan fingerprint density at radius 2 is 0.526 bits per heavy atom.